The predicted octanol–water partition coefficient (Wildman–Crippen LogP) is 7.36. The van der Waals surface area contributed by atoms with Crippen LogP contribution >= 0.6 is 0 Å². The minimum absolute atomic E-state index is 0.266. The first-order valence-corrected chi connectivity index (χ1v) is 12.5. The third-order valence-electron chi connectivity index (χ3n) is 8.60. The number of aromatic carboxylic acids is 1. The Hall–Kier alpha value is -3.27. The monoisotopic (exact) mass is 452 g/mol. The second-order valence-corrected chi connectivity index (χ2v) is 10.8. The van der Waals surface area contributed by atoms with Gasteiger partial charge in [-0.15, -0.1) is 0 Å². The molecule has 3 aromatic rings. The smallest absolute Gasteiger partial charge is 0.337 e. The Labute approximate surface area is 201 Å². The van der Waals surface area contributed by atoms with Crippen molar-refractivity contribution in [2.45, 2.75) is 43.9 Å². The van der Waals surface area contributed by atoms with Gasteiger partial charge >= 0.3 is 5.97 Å². The van der Waals surface area contributed by atoms with E-state index in [4.69, 9.17) is 0 Å². The quantitative estimate of drug-likeness (QED) is 0.410. The van der Waals surface area contributed by atoms with Crippen LogP contribution in [0.2, 0.25) is 0 Å². The number of benzene rings is 3. The topological polar surface area (TPSA) is 52.6 Å². The number of anilines is 4. The van der Waals surface area contributed by atoms with E-state index in [-0.39, 0.29) is 5.56 Å². The molecule has 4 aliphatic rings. The fourth-order valence-electron chi connectivity index (χ4n) is 7.35. The first-order chi connectivity index (χ1) is 16.5. The molecule has 4 heteroatoms. The third kappa shape index (κ3) is 3.75. The van der Waals surface area contributed by atoms with Crippen LogP contribution in [0.4, 0.5) is 22.7 Å². The van der Waals surface area contributed by atoms with Crippen molar-refractivity contribution >= 4 is 28.7 Å². The molecule has 34 heavy (non-hydrogen) atoms. The van der Waals surface area contributed by atoms with Crippen LogP contribution in [0.15, 0.2) is 72.8 Å². The normalized spacial score (nSPS) is 26.9. The first kappa shape index (κ1) is 21.3. The molecule has 2 N–H and O–H groups in total. The van der Waals surface area contributed by atoms with Gasteiger partial charge in [-0.05, 0) is 116 Å². The average molecular weight is 453 g/mol. The number of rotatable bonds is 6. The highest BCUT2D eigenvalue weighted by Crippen LogP contribution is 2.60. The lowest BCUT2D eigenvalue weighted by Crippen LogP contribution is -2.48. The molecule has 4 saturated carbocycles. The molecule has 4 bridgehead atoms. The number of nitrogens with one attached hydrogen (secondary N) is 1. The Bertz CT molecular complexity index is 1160. The minimum atomic E-state index is -0.934. The van der Waals surface area contributed by atoms with E-state index in [0.717, 1.165) is 29.1 Å². The van der Waals surface area contributed by atoms with Gasteiger partial charge in [-0.1, -0.05) is 24.3 Å². The van der Waals surface area contributed by atoms with Crippen molar-refractivity contribution in [2.24, 2.45) is 17.8 Å². The van der Waals surface area contributed by atoms with Crippen LogP contribution in [0.5, 0.6) is 0 Å². The zero-order valence-electron chi connectivity index (χ0n) is 19.7. The highest BCUT2D eigenvalue weighted by molar-refractivity contribution is 5.95. The molecule has 4 fully saturated rings. The molecule has 7 rings (SSSR count). The van der Waals surface area contributed by atoms with Gasteiger partial charge in [0, 0.05) is 24.1 Å². The van der Waals surface area contributed by atoms with E-state index in [2.05, 4.69) is 53.7 Å². The van der Waals surface area contributed by atoms with Crippen molar-refractivity contribution in [3.8, 4) is 0 Å². The Morgan fingerprint density at radius 2 is 1.35 bits per heavy atom. The molecule has 3 aromatic carbocycles. The van der Waals surface area contributed by atoms with Crippen molar-refractivity contribution in [1.82, 2.24) is 0 Å². The zero-order chi connectivity index (χ0) is 23.3. The summed E-state index contributed by atoms with van der Waals surface area (Å²) >= 11 is 0. The van der Waals surface area contributed by atoms with E-state index in [9.17, 15) is 9.90 Å². The number of hydrogen-bond acceptors (Lipinski definition) is 3. The SMILES string of the molecule is CN(c1ccc(Nc2ccccc2C(=O)O)cc1)c1ccc(C23CC4CC(CC(C4)C2)C3)cc1. The zero-order valence-corrected chi connectivity index (χ0v) is 19.7. The van der Waals surface area contributed by atoms with Gasteiger partial charge in [-0.25, -0.2) is 4.79 Å². The van der Waals surface area contributed by atoms with Gasteiger partial charge in [0.15, 0.2) is 0 Å². The number of hydrogen-bond donors (Lipinski definition) is 2. The maximum atomic E-state index is 11.5. The van der Waals surface area contributed by atoms with Crippen molar-refractivity contribution < 1.29 is 9.90 Å². The maximum Gasteiger partial charge on any atom is 0.337 e. The molecule has 0 heterocycles. The largest absolute Gasteiger partial charge is 0.478 e. The summed E-state index contributed by atoms with van der Waals surface area (Å²) in [6.45, 7) is 0. The summed E-state index contributed by atoms with van der Waals surface area (Å²) in [7, 11) is 2.10. The number of carboxylic acids is 1. The van der Waals surface area contributed by atoms with Crippen LogP contribution in [-0.2, 0) is 5.41 Å². The van der Waals surface area contributed by atoms with Gasteiger partial charge in [-0.3, -0.25) is 0 Å². The van der Waals surface area contributed by atoms with Crippen LogP contribution in [0.3, 0.4) is 0 Å². The molecule has 174 valence electrons. The minimum Gasteiger partial charge on any atom is -0.478 e. The second-order valence-electron chi connectivity index (χ2n) is 10.8. The van der Waals surface area contributed by atoms with E-state index < -0.39 is 5.97 Å². The van der Waals surface area contributed by atoms with Gasteiger partial charge in [0.25, 0.3) is 0 Å². The van der Waals surface area contributed by atoms with Crippen LogP contribution in [0.1, 0.15) is 54.4 Å². The van der Waals surface area contributed by atoms with Crippen LogP contribution in [-0.4, -0.2) is 18.1 Å². The van der Waals surface area contributed by atoms with Gasteiger partial charge in [-0.2, -0.15) is 0 Å². The van der Waals surface area contributed by atoms with Crippen molar-refractivity contribution in [3.05, 3.63) is 83.9 Å². The summed E-state index contributed by atoms with van der Waals surface area (Å²) in [5.41, 5.74) is 6.00. The van der Waals surface area contributed by atoms with E-state index in [0.29, 0.717) is 11.1 Å². The highest BCUT2D eigenvalue weighted by atomic mass is 16.4. The molecule has 0 radical (unpaired) electrons. The molecule has 0 unspecified atom stereocenters. The fraction of sp³-hybridized carbons (Fsp3) is 0.367. The molecule has 0 aromatic heterocycles. The molecule has 4 nitrogen and oxygen atoms in total. The number of nitrogens with zero attached hydrogens (tertiary/aromatic N) is 1. The predicted molar refractivity (Wildman–Crippen MR) is 137 cm³/mol. The lowest BCUT2D eigenvalue weighted by Gasteiger charge is -2.57. The molecule has 0 atom stereocenters. The second kappa shape index (κ2) is 8.19. The standard InChI is InChI=1S/C30H32N2O2/c1-32(26-12-8-24(9-13-26)31-28-5-3-2-4-27(28)29(33)34)25-10-6-23(7-11-25)30-17-20-14-21(18-30)16-22(15-20)19-30/h2-13,20-22,31H,14-19H2,1H3,(H,33,34). The van der Waals surface area contributed by atoms with Crippen LogP contribution in [0.25, 0.3) is 0 Å². The summed E-state index contributed by atoms with van der Waals surface area (Å²) in [6.07, 6.45) is 8.63. The summed E-state index contributed by atoms with van der Waals surface area (Å²) in [5.74, 6) is 1.95. The van der Waals surface area contributed by atoms with Crippen molar-refractivity contribution in [3.63, 3.8) is 0 Å². The Kier molecular flexibility index (Phi) is 5.13. The molecular weight excluding hydrogens is 420 g/mol. The summed E-state index contributed by atoms with van der Waals surface area (Å²) in [5, 5.41) is 12.6. The summed E-state index contributed by atoms with van der Waals surface area (Å²) in [4.78, 5) is 13.7. The van der Waals surface area contributed by atoms with Gasteiger partial charge in [0.1, 0.15) is 0 Å². The molecular formula is C30H32N2O2. The molecule has 0 aliphatic heterocycles. The van der Waals surface area contributed by atoms with E-state index in [1.165, 1.54) is 44.2 Å². The molecule has 0 saturated heterocycles. The highest BCUT2D eigenvalue weighted by Gasteiger charge is 2.51. The number of carbonyl (C=O) groups is 1. The van der Waals surface area contributed by atoms with Crippen molar-refractivity contribution in [2.75, 3.05) is 17.3 Å². The summed E-state index contributed by atoms with van der Waals surface area (Å²) in [6, 6.07) is 24.4. The molecule has 0 amide bonds. The van der Waals surface area contributed by atoms with Gasteiger partial charge in [0.05, 0.1) is 11.3 Å². The van der Waals surface area contributed by atoms with Crippen LogP contribution in [0, 0.1) is 17.8 Å². The van der Waals surface area contributed by atoms with Gasteiger partial charge in [0.2, 0.25) is 0 Å². The van der Waals surface area contributed by atoms with E-state index >= 15 is 0 Å². The lowest BCUT2D eigenvalue weighted by atomic mass is 9.48. The van der Waals surface area contributed by atoms with Crippen molar-refractivity contribution in [1.29, 1.82) is 0 Å². The third-order valence-corrected chi connectivity index (χ3v) is 8.60. The molecule has 0 spiro atoms. The fourth-order valence-corrected chi connectivity index (χ4v) is 7.35. The van der Waals surface area contributed by atoms with E-state index in [1.807, 2.05) is 18.2 Å². The first-order valence-electron chi connectivity index (χ1n) is 12.5. The van der Waals surface area contributed by atoms with Gasteiger partial charge < -0.3 is 15.3 Å². The lowest BCUT2D eigenvalue weighted by molar-refractivity contribution is -0.00518. The Morgan fingerprint density at radius 3 is 1.91 bits per heavy atom. The van der Waals surface area contributed by atoms with Crippen LogP contribution < -0.4 is 10.2 Å². The molecule has 4 aliphatic carbocycles. The Morgan fingerprint density at radius 1 is 0.824 bits per heavy atom. The average Bonchev–Trinajstić information content (AvgIpc) is 2.84. The maximum absolute atomic E-state index is 11.5. The van der Waals surface area contributed by atoms with E-state index in [1.54, 1.807) is 23.8 Å². The Balaban J connectivity index is 1.17. The number of para-hydroxylation sites is 1. The summed E-state index contributed by atoms with van der Waals surface area (Å²) < 4.78 is 0. The number of carboxylic acid groups (broad SMARTS) is 1.